The summed E-state index contributed by atoms with van der Waals surface area (Å²) in [5, 5.41) is 16.8. The van der Waals surface area contributed by atoms with Crippen molar-refractivity contribution in [3.63, 3.8) is 0 Å². The van der Waals surface area contributed by atoms with Crippen LogP contribution >= 0.6 is 12.6 Å². The highest BCUT2D eigenvalue weighted by Crippen LogP contribution is 2.35. The molecule has 0 spiro atoms. The van der Waals surface area contributed by atoms with E-state index in [9.17, 15) is 9.90 Å². The van der Waals surface area contributed by atoms with Gasteiger partial charge in [0.2, 0.25) is 5.91 Å². The lowest BCUT2D eigenvalue weighted by atomic mass is 9.83. The molecule has 0 fully saturated rings. The summed E-state index contributed by atoms with van der Waals surface area (Å²) in [6, 6.07) is 21.5. The molecule has 3 rings (SSSR count). The molecule has 0 unspecified atom stereocenters. The minimum atomic E-state index is -0.185. The van der Waals surface area contributed by atoms with E-state index >= 15 is 0 Å². The fraction of sp³-hybridized carbons (Fsp3) is 0.269. The van der Waals surface area contributed by atoms with Crippen LogP contribution in [0.25, 0.3) is 0 Å². The van der Waals surface area contributed by atoms with E-state index in [2.05, 4.69) is 44.0 Å². The van der Waals surface area contributed by atoms with Crippen LogP contribution in [0.15, 0.2) is 66.7 Å². The van der Waals surface area contributed by atoms with Gasteiger partial charge >= 0.3 is 0 Å². The number of thiol groups is 1. The third-order valence-corrected chi connectivity index (χ3v) is 5.44. The molecule has 3 aromatic rings. The van der Waals surface area contributed by atoms with Crippen LogP contribution in [0.3, 0.4) is 0 Å². The van der Waals surface area contributed by atoms with Crippen LogP contribution in [0.4, 0.5) is 17.1 Å². The number of anilines is 3. The Morgan fingerprint density at radius 1 is 0.935 bits per heavy atom. The average Bonchev–Trinajstić information content (AvgIpc) is 2.74. The Hall–Kier alpha value is -2.92. The van der Waals surface area contributed by atoms with Crippen LogP contribution in [-0.4, -0.2) is 11.0 Å². The number of amides is 1. The molecule has 5 heteroatoms. The molecule has 3 aromatic carbocycles. The zero-order chi connectivity index (χ0) is 22.4. The third kappa shape index (κ3) is 6.28. The highest BCUT2D eigenvalue weighted by molar-refractivity contribution is 7.79. The molecular weight excluding hydrogens is 404 g/mol. The number of rotatable bonds is 7. The molecule has 162 valence electrons. The van der Waals surface area contributed by atoms with Gasteiger partial charge in [0, 0.05) is 34.8 Å². The second-order valence-corrected chi connectivity index (χ2v) is 8.99. The van der Waals surface area contributed by atoms with Gasteiger partial charge in [-0.1, -0.05) is 51.1 Å². The van der Waals surface area contributed by atoms with Crippen molar-refractivity contribution in [2.45, 2.75) is 44.8 Å². The second-order valence-electron chi connectivity index (χ2n) is 8.68. The van der Waals surface area contributed by atoms with E-state index in [0.29, 0.717) is 24.3 Å². The van der Waals surface area contributed by atoms with E-state index in [4.69, 9.17) is 0 Å². The first kappa shape index (κ1) is 22.8. The first-order chi connectivity index (χ1) is 14.8. The molecule has 0 heterocycles. The number of hydrogen-bond acceptors (Lipinski definition) is 4. The lowest BCUT2D eigenvalue weighted by Gasteiger charge is -2.23. The molecule has 0 saturated heterocycles. The topological polar surface area (TPSA) is 61.4 Å². The minimum Gasteiger partial charge on any atom is -0.507 e. The van der Waals surface area contributed by atoms with Crippen molar-refractivity contribution in [2.24, 2.45) is 0 Å². The second kappa shape index (κ2) is 9.92. The van der Waals surface area contributed by atoms with Gasteiger partial charge in [0.1, 0.15) is 5.75 Å². The first-order valence-electron chi connectivity index (χ1n) is 10.4. The van der Waals surface area contributed by atoms with E-state index in [1.54, 1.807) is 0 Å². The van der Waals surface area contributed by atoms with Crippen molar-refractivity contribution in [2.75, 3.05) is 10.6 Å². The molecular formula is C26H30N2O2S. The maximum absolute atomic E-state index is 12.5. The summed E-state index contributed by atoms with van der Waals surface area (Å²) in [6.07, 6.45) is 0.966. The van der Waals surface area contributed by atoms with E-state index in [1.165, 1.54) is 0 Å². The number of nitrogens with one attached hydrogen (secondary N) is 2. The van der Waals surface area contributed by atoms with Crippen LogP contribution in [0.1, 0.15) is 43.9 Å². The molecule has 0 aliphatic heterocycles. The van der Waals surface area contributed by atoms with Gasteiger partial charge in [-0.3, -0.25) is 4.79 Å². The van der Waals surface area contributed by atoms with Crippen LogP contribution in [0.2, 0.25) is 0 Å². The smallest absolute Gasteiger partial charge is 0.224 e. The zero-order valence-corrected chi connectivity index (χ0v) is 19.2. The summed E-state index contributed by atoms with van der Waals surface area (Å²) in [5.41, 5.74) is 5.27. The van der Waals surface area contributed by atoms with Gasteiger partial charge in [-0.15, -0.1) is 0 Å². The van der Waals surface area contributed by atoms with Crippen molar-refractivity contribution in [3.8, 4) is 5.75 Å². The molecule has 0 atom stereocenters. The molecule has 0 saturated carbocycles. The Kier molecular flexibility index (Phi) is 7.29. The Morgan fingerprint density at radius 2 is 1.55 bits per heavy atom. The molecule has 31 heavy (non-hydrogen) atoms. The van der Waals surface area contributed by atoms with Crippen LogP contribution < -0.4 is 10.6 Å². The zero-order valence-electron chi connectivity index (χ0n) is 18.3. The number of carbonyl (C=O) groups is 1. The van der Waals surface area contributed by atoms with E-state index in [-0.39, 0.29) is 11.3 Å². The number of para-hydroxylation sites is 1. The first-order valence-corrected chi connectivity index (χ1v) is 11.1. The van der Waals surface area contributed by atoms with Gasteiger partial charge in [-0.2, -0.15) is 12.6 Å². The van der Waals surface area contributed by atoms with E-state index in [0.717, 1.165) is 33.8 Å². The van der Waals surface area contributed by atoms with Gasteiger partial charge in [-0.25, -0.2) is 0 Å². The van der Waals surface area contributed by atoms with Crippen LogP contribution in [0.5, 0.6) is 5.75 Å². The quantitative estimate of drug-likeness (QED) is 0.324. The van der Waals surface area contributed by atoms with Gasteiger partial charge in [0.25, 0.3) is 0 Å². The largest absolute Gasteiger partial charge is 0.507 e. The van der Waals surface area contributed by atoms with Crippen molar-refractivity contribution < 1.29 is 9.90 Å². The third-order valence-electron chi connectivity index (χ3n) is 5.10. The van der Waals surface area contributed by atoms with Gasteiger partial charge < -0.3 is 15.7 Å². The molecule has 0 aliphatic carbocycles. The summed E-state index contributed by atoms with van der Waals surface area (Å²) in [6.45, 7) is 6.20. The maximum atomic E-state index is 12.5. The lowest BCUT2D eigenvalue weighted by Crippen LogP contribution is -2.14. The van der Waals surface area contributed by atoms with E-state index < -0.39 is 0 Å². The lowest BCUT2D eigenvalue weighted by molar-refractivity contribution is -0.116. The fourth-order valence-corrected chi connectivity index (χ4v) is 3.64. The van der Waals surface area contributed by atoms with Crippen molar-refractivity contribution in [1.82, 2.24) is 0 Å². The van der Waals surface area contributed by atoms with E-state index in [1.807, 2.05) is 66.7 Å². The van der Waals surface area contributed by atoms with Gasteiger partial charge in [0.05, 0.1) is 0 Å². The highest BCUT2D eigenvalue weighted by Gasteiger charge is 2.21. The summed E-state index contributed by atoms with van der Waals surface area (Å²) < 4.78 is 0. The van der Waals surface area contributed by atoms with Crippen LogP contribution in [0, 0.1) is 0 Å². The number of aromatic hydroxyl groups is 1. The molecule has 3 N–H and O–H groups in total. The Balaban J connectivity index is 1.60. The molecule has 4 nitrogen and oxygen atoms in total. The summed E-state index contributed by atoms with van der Waals surface area (Å²) in [7, 11) is 0. The number of aryl methyl sites for hydroxylation is 1. The van der Waals surface area contributed by atoms with Crippen molar-refractivity contribution >= 4 is 35.6 Å². The number of hydrogen-bond donors (Lipinski definition) is 4. The van der Waals surface area contributed by atoms with Gasteiger partial charge in [-0.05, 0) is 59.4 Å². The number of benzene rings is 3. The average molecular weight is 435 g/mol. The minimum absolute atomic E-state index is 0.0402. The summed E-state index contributed by atoms with van der Waals surface area (Å²) in [5.74, 6) is 0.722. The number of carbonyl (C=O) groups excluding carboxylic acids is 1. The van der Waals surface area contributed by atoms with Crippen molar-refractivity contribution in [3.05, 3.63) is 83.4 Å². The molecule has 0 aromatic heterocycles. The SMILES string of the molecule is CC(C)(C)c1cc(CCC(=O)Nc2ccc(Nc3ccccc3)cc2)cc(CS)c1O. The molecule has 0 aliphatic rings. The Morgan fingerprint density at radius 3 is 2.16 bits per heavy atom. The molecule has 0 bridgehead atoms. The fourth-order valence-electron chi connectivity index (χ4n) is 3.40. The highest BCUT2D eigenvalue weighted by atomic mass is 32.1. The predicted molar refractivity (Wildman–Crippen MR) is 133 cm³/mol. The Bertz CT molecular complexity index is 1030. The molecule has 1 amide bonds. The predicted octanol–water partition coefficient (Wildman–Crippen LogP) is 6.43. The summed E-state index contributed by atoms with van der Waals surface area (Å²) in [4.78, 5) is 12.5. The van der Waals surface area contributed by atoms with Gasteiger partial charge in [0.15, 0.2) is 0 Å². The summed E-state index contributed by atoms with van der Waals surface area (Å²) >= 11 is 4.34. The standard InChI is InChI=1S/C26H30N2O2S/c1-26(2,3)23-16-18(15-19(17-31)25(23)30)9-14-24(29)28-22-12-10-21(11-13-22)27-20-7-5-4-6-8-20/h4-8,10-13,15-16,27,30-31H,9,14,17H2,1-3H3,(H,28,29). The Labute approximate surface area is 190 Å². The molecule has 0 radical (unpaired) electrons. The normalized spacial score (nSPS) is 11.2. The number of phenols is 1. The maximum Gasteiger partial charge on any atom is 0.224 e. The monoisotopic (exact) mass is 434 g/mol. The van der Waals surface area contributed by atoms with Crippen LogP contribution in [-0.2, 0) is 22.4 Å². The number of phenolic OH excluding ortho intramolecular Hbond substituents is 1. The van der Waals surface area contributed by atoms with Crippen molar-refractivity contribution in [1.29, 1.82) is 0 Å².